The van der Waals surface area contributed by atoms with Gasteiger partial charge in [-0.2, -0.15) is 5.26 Å². The zero-order valence-corrected chi connectivity index (χ0v) is 18.9. The van der Waals surface area contributed by atoms with E-state index in [1.54, 1.807) is 45.0 Å². The molecule has 0 spiro atoms. The molecule has 4 atom stereocenters. The van der Waals surface area contributed by atoms with Gasteiger partial charge in [-0.3, -0.25) is 24.6 Å². The lowest BCUT2D eigenvalue weighted by atomic mass is 9.72. The Morgan fingerprint density at radius 1 is 1.16 bits per heavy atom. The van der Waals surface area contributed by atoms with Gasteiger partial charge in [0.1, 0.15) is 5.54 Å². The van der Waals surface area contributed by atoms with Crippen molar-refractivity contribution < 1.29 is 19.5 Å². The summed E-state index contributed by atoms with van der Waals surface area (Å²) in [6.07, 6.45) is 5.51. The maximum Gasteiger partial charge on any atom is 0.324 e. The van der Waals surface area contributed by atoms with Crippen molar-refractivity contribution in [3.05, 3.63) is 35.4 Å². The van der Waals surface area contributed by atoms with Crippen LogP contribution < -0.4 is 5.32 Å². The number of nitriles is 1. The lowest BCUT2D eigenvalue weighted by Crippen LogP contribution is -2.58. The number of nitrogens with zero attached hydrogens (tertiary/aromatic N) is 2. The molecule has 1 aromatic carbocycles. The Labute approximate surface area is 188 Å². The summed E-state index contributed by atoms with van der Waals surface area (Å²) in [6.45, 7) is 5.41. The largest absolute Gasteiger partial charge is 0.480 e. The molecule has 7 nitrogen and oxygen atoms in total. The zero-order valence-electron chi connectivity index (χ0n) is 18.9. The van der Waals surface area contributed by atoms with E-state index < -0.39 is 40.8 Å². The van der Waals surface area contributed by atoms with Crippen LogP contribution in [0.1, 0.15) is 76.5 Å². The average molecular weight is 438 g/mol. The Balaban J connectivity index is 1.81. The number of rotatable bonds is 4. The predicted octanol–water partition coefficient (Wildman–Crippen LogP) is 3.40. The van der Waals surface area contributed by atoms with Crippen LogP contribution in [0.5, 0.6) is 0 Å². The quantitative estimate of drug-likeness (QED) is 0.699. The van der Waals surface area contributed by atoms with Gasteiger partial charge in [-0.05, 0) is 50.8 Å². The smallest absolute Gasteiger partial charge is 0.324 e. The van der Waals surface area contributed by atoms with E-state index in [0.29, 0.717) is 12.0 Å². The van der Waals surface area contributed by atoms with Crippen molar-refractivity contribution in [2.24, 2.45) is 17.8 Å². The number of amides is 2. The van der Waals surface area contributed by atoms with Crippen LogP contribution in [0.4, 0.5) is 0 Å². The normalized spacial score (nSPS) is 30.9. The number of hydrogen-bond acceptors (Lipinski definition) is 5. The second kappa shape index (κ2) is 8.00. The van der Waals surface area contributed by atoms with Crippen molar-refractivity contribution in [3.63, 3.8) is 0 Å². The molecule has 7 heteroatoms. The van der Waals surface area contributed by atoms with Crippen LogP contribution in [0.15, 0.2) is 24.3 Å². The van der Waals surface area contributed by atoms with Gasteiger partial charge < -0.3 is 5.11 Å². The highest BCUT2D eigenvalue weighted by Gasteiger charge is 2.69. The Bertz CT molecular complexity index is 968. The number of fused-ring (bicyclic) bond motifs is 1. The monoisotopic (exact) mass is 437 g/mol. The van der Waals surface area contributed by atoms with Gasteiger partial charge in [0.2, 0.25) is 11.8 Å². The molecule has 2 heterocycles. The van der Waals surface area contributed by atoms with Crippen LogP contribution in [-0.2, 0) is 14.4 Å². The summed E-state index contributed by atoms with van der Waals surface area (Å²) in [6, 6.07) is 8.31. The minimum Gasteiger partial charge on any atom is -0.480 e. The number of carbonyl (C=O) groups is 3. The fourth-order valence-electron chi connectivity index (χ4n) is 6.03. The number of carbonyl (C=O) groups excluding carboxylic acids is 2. The highest BCUT2D eigenvalue weighted by molar-refractivity contribution is 6.10. The summed E-state index contributed by atoms with van der Waals surface area (Å²) in [5.41, 5.74) is -1.01. The molecule has 3 aliphatic rings. The van der Waals surface area contributed by atoms with Gasteiger partial charge in [-0.15, -0.1) is 0 Å². The van der Waals surface area contributed by atoms with Gasteiger partial charge in [0.05, 0.1) is 23.5 Å². The van der Waals surface area contributed by atoms with Crippen molar-refractivity contribution in [2.45, 2.75) is 76.4 Å². The molecular weight excluding hydrogens is 406 g/mol. The van der Waals surface area contributed by atoms with Gasteiger partial charge in [-0.1, -0.05) is 44.2 Å². The standard InChI is InChI=1S/C25H31N3O4/c1-24(2,3)28-21(29)18-19(22(28)30)25(23(31)32,13-15-7-5-4-6-8-15)27-20(18)17-11-9-16(14-26)10-12-17/h9-12,15,18-20,27H,4-8,13H2,1-3H3,(H,31,32). The fraction of sp³-hybridized carbons (Fsp3) is 0.600. The third kappa shape index (κ3) is 3.51. The minimum atomic E-state index is -1.49. The fourth-order valence-corrected chi connectivity index (χ4v) is 6.03. The third-order valence-corrected chi connectivity index (χ3v) is 7.44. The number of benzene rings is 1. The Hall–Kier alpha value is -2.72. The molecule has 4 unspecified atom stereocenters. The molecule has 170 valence electrons. The molecule has 32 heavy (non-hydrogen) atoms. The molecule has 0 aromatic heterocycles. The van der Waals surface area contributed by atoms with E-state index in [2.05, 4.69) is 11.4 Å². The minimum absolute atomic E-state index is 0.208. The summed E-state index contributed by atoms with van der Waals surface area (Å²) >= 11 is 0. The molecule has 1 saturated carbocycles. The first-order valence-electron chi connectivity index (χ1n) is 11.5. The lowest BCUT2D eigenvalue weighted by molar-refractivity contribution is -0.154. The highest BCUT2D eigenvalue weighted by atomic mass is 16.4. The maximum absolute atomic E-state index is 13.6. The number of carboxylic acid groups (broad SMARTS) is 1. The number of nitrogens with one attached hydrogen (secondary N) is 1. The van der Waals surface area contributed by atoms with Crippen molar-refractivity contribution in [1.29, 1.82) is 5.26 Å². The van der Waals surface area contributed by atoms with Crippen molar-refractivity contribution in [1.82, 2.24) is 10.2 Å². The summed E-state index contributed by atoms with van der Waals surface area (Å²) in [7, 11) is 0. The van der Waals surface area contributed by atoms with Crippen molar-refractivity contribution in [3.8, 4) is 6.07 Å². The maximum atomic E-state index is 13.6. The molecule has 3 fully saturated rings. The van der Waals surface area contributed by atoms with E-state index in [0.717, 1.165) is 37.7 Å². The van der Waals surface area contributed by atoms with E-state index in [1.807, 2.05) is 0 Å². The molecule has 1 aliphatic carbocycles. The summed E-state index contributed by atoms with van der Waals surface area (Å²) in [4.78, 5) is 41.3. The molecule has 4 rings (SSSR count). The molecule has 2 N–H and O–H groups in total. The van der Waals surface area contributed by atoms with Crippen LogP contribution in [-0.4, -0.2) is 38.9 Å². The van der Waals surface area contributed by atoms with Crippen LogP contribution in [0.3, 0.4) is 0 Å². The Kier molecular flexibility index (Phi) is 5.62. The van der Waals surface area contributed by atoms with Gasteiger partial charge >= 0.3 is 5.97 Å². The first kappa shape index (κ1) is 22.5. The van der Waals surface area contributed by atoms with E-state index in [-0.39, 0.29) is 11.8 Å². The zero-order chi connectivity index (χ0) is 23.3. The van der Waals surface area contributed by atoms with Gasteiger partial charge in [0, 0.05) is 11.6 Å². The summed E-state index contributed by atoms with van der Waals surface area (Å²) in [5.74, 6) is -3.30. The number of likely N-dealkylation sites (tertiary alicyclic amines) is 1. The van der Waals surface area contributed by atoms with Crippen LogP contribution >= 0.6 is 0 Å². The van der Waals surface area contributed by atoms with Crippen molar-refractivity contribution in [2.75, 3.05) is 0 Å². The number of imide groups is 1. The van der Waals surface area contributed by atoms with Crippen LogP contribution in [0.2, 0.25) is 0 Å². The Morgan fingerprint density at radius 2 is 1.78 bits per heavy atom. The van der Waals surface area contributed by atoms with Gasteiger partial charge in [0.15, 0.2) is 0 Å². The molecule has 0 radical (unpaired) electrons. The molecule has 2 aliphatic heterocycles. The van der Waals surface area contributed by atoms with E-state index in [4.69, 9.17) is 5.26 Å². The predicted molar refractivity (Wildman–Crippen MR) is 117 cm³/mol. The lowest BCUT2D eigenvalue weighted by Gasteiger charge is -2.37. The van der Waals surface area contributed by atoms with E-state index in [9.17, 15) is 19.5 Å². The highest BCUT2D eigenvalue weighted by Crippen LogP contribution is 2.53. The molecule has 2 saturated heterocycles. The second-order valence-electron chi connectivity index (χ2n) is 10.5. The average Bonchev–Trinajstić information content (AvgIpc) is 3.23. The number of carboxylic acids is 1. The topological polar surface area (TPSA) is 110 Å². The molecule has 2 amide bonds. The first-order chi connectivity index (χ1) is 15.1. The van der Waals surface area contributed by atoms with Crippen LogP contribution in [0, 0.1) is 29.1 Å². The SMILES string of the molecule is CC(C)(C)N1C(=O)C2C(c3ccc(C#N)cc3)NC(CC3CCCCC3)(C(=O)O)C2C1=O. The molecule has 0 bridgehead atoms. The number of hydrogen-bond donors (Lipinski definition) is 2. The second-order valence-corrected chi connectivity index (χ2v) is 10.5. The van der Waals surface area contributed by atoms with Crippen LogP contribution in [0.25, 0.3) is 0 Å². The van der Waals surface area contributed by atoms with Gasteiger partial charge in [-0.25, -0.2) is 0 Å². The van der Waals surface area contributed by atoms with E-state index >= 15 is 0 Å². The van der Waals surface area contributed by atoms with Crippen molar-refractivity contribution >= 4 is 17.8 Å². The molecule has 1 aromatic rings. The Morgan fingerprint density at radius 3 is 2.31 bits per heavy atom. The summed E-state index contributed by atoms with van der Waals surface area (Å²) < 4.78 is 0. The third-order valence-electron chi connectivity index (χ3n) is 7.44. The van der Waals surface area contributed by atoms with E-state index in [1.165, 1.54) is 4.90 Å². The molecular formula is C25H31N3O4. The van der Waals surface area contributed by atoms with Gasteiger partial charge in [0.25, 0.3) is 0 Å². The number of aliphatic carboxylic acids is 1. The summed E-state index contributed by atoms with van der Waals surface area (Å²) in [5, 5.41) is 22.9. The first-order valence-corrected chi connectivity index (χ1v) is 11.5.